The molecule has 1 fully saturated rings. The average Bonchev–Trinajstić information content (AvgIpc) is 2.57. The van der Waals surface area contributed by atoms with Gasteiger partial charge in [-0.1, -0.05) is 11.6 Å². The second-order valence-electron chi connectivity index (χ2n) is 4.71. The number of rotatable bonds is 4. The van der Waals surface area contributed by atoms with Crippen molar-refractivity contribution in [3.8, 4) is 0 Å². The molecule has 1 saturated heterocycles. The van der Waals surface area contributed by atoms with Gasteiger partial charge in [-0.3, -0.25) is 4.68 Å². The van der Waals surface area contributed by atoms with Crippen molar-refractivity contribution in [2.75, 3.05) is 19.7 Å². The molecule has 1 aliphatic rings. The minimum absolute atomic E-state index is 0.564. The third-order valence-corrected chi connectivity index (χ3v) is 3.74. The lowest BCUT2D eigenvalue weighted by atomic mass is 10.0. The van der Waals surface area contributed by atoms with Crippen molar-refractivity contribution in [1.29, 1.82) is 0 Å². The fraction of sp³-hybridized carbons (Fsp3) is 0.750. The summed E-state index contributed by atoms with van der Waals surface area (Å²) >= 11 is 6.14. The SMILES string of the molecule is Cc1nn(C)c(Cl)c1COCC1CCCNC1. The number of piperidine rings is 1. The van der Waals surface area contributed by atoms with Gasteiger partial charge in [0.1, 0.15) is 5.15 Å². The van der Waals surface area contributed by atoms with Crippen molar-refractivity contribution in [2.45, 2.75) is 26.4 Å². The maximum absolute atomic E-state index is 6.14. The highest BCUT2D eigenvalue weighted by molar-refractivity contribution is 6.30. The van der Waals surface area contributed by atoms with Crippen LogP contribution in [0.1, 0.15) is 24.1 Å². The van der Waals surface area contributed by atoms with Gasteiger partial charge in [0.05, 0.1) is 18.9 Å². The van der Waals surface area contributed by atoms with Gasteiger partial charge >= 0.3 is 0 Å². The minimum atomic E-state index is 0.564. The molecule has 2 heterocycles. The molecule has 0 spiro atoms. The first-order valence-electron chi connectivity index (χ1n) is 6.15. The van der Waals surface area contributed by atoms with Crippen molar-refractivity contribution in [3.05, 3.63) is 16.4 Å². The number of ether oxygens (including phenoxy) is 1. The molecule has 2 rings (SSSR count). The molecule has 5 heteroatoms. The summed E-state index contributed by atoms with van der Waals surface area (Å²) in [5.41, 5.74) is 1.97. The van der Waals surface area contributed by atoms with Crippen molar-refractivity contribution in [1.82, 2.24) is 15.1 Å². The molecule has 1 aliphatic heterocycles. The molecule has 1 aromatic heterocycles. The third kappa shape index (κ3) is 3.21. The summed E-state index contributed by atoms with van der Waals surface area (Å²) in [7, 11) is 1.85. The zero-order valence-corrected chi connectivity index (χ0v) is 11.3. The lowest BCUT2D eigenvalue weighted by molar-refractivity contribution is 0.0780. The van der Waals surface area contributed by atoms with Gasteiger partial charge in [0, 0.05) is 19.2 Å². The summed E-state index contributed by atoms with van der Waals surface area (Å²) in [5.74, 6) is 0.638. The van der Waals surface area contributed by atoms with Crippen LogP contribution in [0.2, 0.25) is 5.15 Å². The second-order valence-corrected chi connectivity index (χ2v) is 5.06. The molecule has 4 nitrogen and oxygen atoms in total. The van der Waals surface area contributed by atoms with E-state index in [1.165, 1.54) is 12.8 Å². The lowest BCUT2D eigenvalue weighted by Gasteiger charge is -2.22. The first kappa shape index (κ1) is 12.9. The number of hydrogen-bond acceptors (Lipinski definition) is 3. The Labute approximate surface area is 107 Å². The zero-order chi connectivity index (χ0) is 12.3. The van der Waals surface area contributed by atoms with Crippen molar-refractivity contribution < 1.29 is 4.74 Å². The van der Waals surface area contributed by atoms with Gasteiger partial charge < -0.3 is 10.1 Å². The lowest BCUT2D eigenvalue weighted by Crippen LogP contribution is -2.32. The van der Waals surface area contributed by atoms with Crippen LogP contribution in [0.15, 0.2) is 0 Å². The van der Waals surface area contributed by atoms with Crippen LogP contribution in [0.4, 0.5) is 0 Å². The molecule has 0 saturated carbocycles. The topological polar surface area (TPSA) is 39.1 Å². The highest BCUT2D eigenvalue weighted by Crippen LogP contribution is 2.20. The van der Waals surface area contributed by atoms with E-state index in [-0.39, 0.29) is 0 Å². The molecular formula is C12H20ClN3O. The summed E-state index contributed by atoms with van der Waals surface area (Å²) in [6.45, 7) is 5.54. The average molecular weight is 258 g/mol. The number of nitrogens with one attached hydrogen (secondary N) is 1. The monoisotopic (exact) mass is 257 g/mol. The Hall–Kier alpha value is -0.580. The highest BCUT2D eigenvalue weighted by atomic mass is 35.5. The van der Waals surface area contributed by atoms with E-state index in [1.54, 1.807) is 4.68 Å². The number of aromatic nitrogens is 2. The Bertz CT molecular complexity index is 372. The van der Waals surface area contributed by atoms with Gasteiger partial charge in [0.15, 0.2) is 0 Å². The molecule has 0 amide bonds. The number of aryl methyl sites for hydroxylation is 2. The molecule has 0 aliphatic carbocycles. The molecule has 17 heavy (non-hydrogen) atoms. The molecule has 0 aromatic carbocycles. The maximum Gasteiger partial charge on any atom is 0.132 e. The predicted octanol–water partition coefficient (Wildman–Crippen LogP) is 1.90. The minimum Gasteiger partial charge on any atom is -0.376 e. The van der Waals surface area contributed by atoms with E-state index in [0.29, 0.717) is 17.7 Å². The van der Waals surface area contributed by atoms with Crippen LogP contribution in [0, 0.1) is 12.8 Å². The second kappa shape index (κ2) is 5.85. The summed E-state index contributed by atoms with van der Waals surface area (Å²) in [5, 5.41) is 8.34. The Morgan fingerprint density at radius 2 is 2.41 bits per heavy atom. The smallest absolute Gasteiger partial charge is 0.132 e. The van der Waals surface area contributed by atoms with Crippen LogP contribution in [0.25, 0.3) is 0 Å². The Morgan fingerprint density at radius 3 is 3.00 bits per heavy atom. The van der Waals surface area contributed by atoms with Gasteiger partial charge in [-0.2, -0.15) is 5.10 Å². The van der Waals surface area contributed by atoms with Gasteiger partial charge in [0.25, 0.3) is 0 Å². The van der Waals surface area contributed by atoms with Gasteiger partial charge in [0.2, 0.25) is 0 Å². The predicted molar refractivity (Wildman–Crippen MR) is 68.2 cm³/mol. The van der Waals surface area contributed by atoms with Gasteiger partial charge in [-0.15, -0.1) is 0 Å². The van der Waals surface area contributed by atoms with E-state index in [1.807, 2.05) is 14.0 Å². The molecule has 1 N–H and O–H groups in total. The van der Waals surface area contributed by atoms with Crippen LogP contribution in [-0.2, 0) is 18.4 Å². The maximum atomic E-state index is 6.14. The Morgan fingerprint density at radius 1 is 1.59 bits per heavy atom. The van der Waals surface area contributed by atoms with Gasteiger partial charge in [-0.25, -0.2) is 0 Å². The van der Waals surface area contributed by atoms with Crippen LogP contribution in [0.5, 0.6) is 0 Å². The molecular weight excluding hydrogens is 238 g/mol. The zero-order valence-electron chi connectivity index (χ0n) is 10.5. The molecule has 1 unspecified atom stereocenters. The van der Waals surface area contributed by atoms with Gasteiger partial charge in [-0.05, 0) is 32.2 Å². The molecule has 0 bridgehead atoms. The van der Waals surface area contributed by atoms with E-state index in [4.69, 9.17) is 16.3 Å². The van der Waals surface area contributed by atoms with Crippen molar-refractivity contribution in [3.63, 3.8) is 0 Å². The summed E-state index contributed by atoms with van der Waals surface area (Å²) in [4.78, 5) is 0. The molecule has 96 valence electrons. The first-order valence-corrected chi connectivity index (χ1v) is 6.52. The summed E-state index contributed by atoms with van der Waals surface area (Å²) in [6.07, 6.45) is 2.51. The van der Waals surface area contributed by atoms with E-state index in [9.17, 15) is 0 Å². The fourth-order valence-electron chi connectivity index (χ4n) is 2.23. The largest absolute Gasteiger partial charge is 0.376 e. The molecule has 0 radical (unpaired) electrons. The van der Waals surface area contributed by atoms with E-state index >= 15 is 0 Å². The highest BCUT2D eigenvalue weighted by Gasteiger charge is 2.15. The van der Waals surface area contributed by atoms with Crippen molar-refractivity contribution >= 4 is 11.6 Å². The van der Waals surface area contributed by atoms with E-state index in [0.717, 1.165) is 31.0 Å². The number of halogens is 1. The van der Waals surface area contributed by atoms with Crippen LogP contribution in [0.3, 0.4) is 0 Å². The number of hydrogen-bond donors (Lipinski definition) is 1. The summed E-state index contributed by atoms with van der Waals surface area (Å²) in [6, 6.07) is 0. The standard InChI is InChI=1S/C12H20ClN3O/c1-9-11(12(13)16(2)15-9)8-17-7-10-4-3-5-14-6-10/h10,14H,3-8H2,1-2H3. The van der Waals surface area contributed by atoms with Crippen LogP contribution < -0.4 is 5.32 Å². The molecule has 1 atom stereocenters. The van der Waals surface area contributed by atoms with E-state index in [2.05, 4.69) is 10.4 Å². The Kier molecular flexibility index (Phi) is 4.42. The number of nitrogens with zero attached hydrogens (tertiary/aromatic N) is 2. The molecule has 1 aromatic rings. The summed E-state index contributed by atoms with van der Waals surface area (Å²) < 4.78 is 7.45. The third-order valence-electron chi connectivity index (χ3n) is 3.27. The fourth-order valence-corrected chi connectivity index (χ4v) is 2.46. The Balaban J connectivity index is 1.81. The van der Waals surface area contributed by atoms with Crippen LogP contribution in [-0.4, -0.2) is 29.5 Å². The van der Waals surface area contributed by atoms with Crippen molar-refractivity contribution in [2.24, 2.45) is 13.0 Å². The van der Waals surface area contributed by atoms with E-state index < -0.39 is 0 Å². The van der Waals surface area contributed by atoms with Crippen LogP contribution >= 0.6 is 11.6 Å². The first-order chi connectivity index (χ1) is 8.18. The quantitative estimate of drug-likeness (QED) is 0.896. The normalized spacial score (nSPS) is 20.8.